The van der Waals surface area contributed by atoms with E-state index in [9.17, 15) is 17.6 Å². The van der Waals surface area contributed by atoms with Gasteiger partial charge in [-0.1, -0.05) is 6.92 Å². The van der Waals surface area contributed by atoms with E-state index in [1.807, 2.05) is 6.92 Å². The number of hydrogen-bond donors (Lipinski definition) is 2. The average Bonchev–Trinajstić information content (AvgIpc) is 3.04. The van der Waals surface area contributed by atoms with Gasteiger partial charge in [0.25, 0.3) is 5.91 Å². The van der Waals surface area contributed by atoms with Crippen LogP contribution in [0.1, 0.15) is 30.1 Å². The van der Waals surface area contributed by atoms with E-state index in [0.717, 1.165) is 25.0 Å². The summed E-state index contributed by atoms with van der Waals surface area (Å²) >= 11 is 0. The van der Waals surface area contributed by atoms with Gasteiger partial charge in [-0.2, -0.15) is 0 Å². The Morgan fingerprint density at radius 2 is 2.11 bits per heavy atom. The second kappa shape index (κ2) is 4.57. The van der Waals surface area contributed by atoms with Crippen LogP contribution in [-0.4, -0.2) is 20.9 Å². The highest BCUT2D eigenvalue weighted by Crippen LogP contribution is 2.44. The van der Waals surface area contributed by atoms with Crippen LogP contribution in [0.25, 0.3) is 0 Å². The maximum atomic E-state index is 13.3. The summed E-state index contributed by atoms with van der Waals surface area (Å²) < 4.78 is 35.6. The number of nitrogens with two attached hydrogens (primary N) is 1. The Balaban J connectivity index is 2.18. The first-order chi connectivity index (χ1) is 8.71. The molecule has 1 aromatic rings. The second-order valence-corrected chi connectivity index (χ2v) is 6.71. The molecule has 0 heterocycles. The van der Waals surface area contributed by atoms with E-state index in [-0.39, 0.29) is 11.0 Å². The molecule has 7 heteroatoms. The Kier molecular flexibility index (Phi) is 3.36. The molecule has 0 bridgehead atoms. The number of carbonyl (C=O) groups excluding carboxylic acids is 1. The molecular weight excluding hydrogens is 271 g/mol. The van der Waals surface area contributed by atoms with Crippen molar-refractivity contribution in [3.63, 3.8) is 0 Å². The molecule has 1 saturated carbocycles. The van der Waals surface area contributed by atoms with Gasteiger partial charge >= 0.3 is 0 Å². The van der Waals surface area contributed by atoms with Crippen LogP contribution in [0.4, 0.5) is 4.39 Å². The molecule has 3 N–H and O–H groups in total. The average molecular weight is 286 g/mol. The molecule has 5 nitrogen and oxygen atoms in total. The highest BCUT2D eigenvalue weighted by molar-refractivity contribution is 7.89. The number of benzene rings is 1. The van der Waals surface area contributed by atoms with Crippen LogP contribution in [-0.2, 0) is 10.0 Å². The molecule has 1 fully saturated rings. The second-order valence-electron chi connectivity index (χ2n) is 5.18. The van der Waals surface area contributed by atoms with Gasteiger partial charge in [0.2, 0.25) is 10.0 Å². The van der Waals surface area contributed by atoms with Gasteiger partial charge in [-0.25, -0.2) is 17.9 Å². The van der Waals surface area contributed by atoms with Crippen LogP contribution in [0.3, 0.4) is 0 Å². The third-order valence-corrected chi connectivity index (χ3v) is 4.21. The molecule has 0 aliphatic heterocycles. The van der Waals surface area contributed by atoms with E-state index < -0.39 is 26.6 Å². The molecule has 0 radical (unpaired) electrons. The number of carbonyl (C=O) groups is 1. The van der Waals surface area contributed by atoms with E-state index in [1.54, 1.807) is 0 Å². The quantitative estimate of drug-likeness (QED) is 0.865. The van der Waals surface area contributed by atoms with Gasteiger partial charge in [0.15, 0.2) is 0 Å². The van der Waals surface area contributed by atoms with Crippen molar-refractivity contribution in [2.75, 3.05) is 6.54 Å². The number of sulfonamides is 1. The van der Waals surface area contributed by atoms with Crippen LogP contribution in [0.2, 0.25) is 0 Å². The van der Waals surface area contributed by atoms with Crippen LogP contribution in [0.5, 0.6) is 0 Å². The Labute approximate surface area is 111 Å². The van der Waals surface area contributed by atoms with E-state index in [2.05, 4.69) is 5.32 Å². The van der Waals surface area contributed by atoms with Crippen LogP contribution < -0.4 is 10.5 Å². The highest BCUT2D eigenvalue weighted by atomic mass is 32.2. The first kappa shape index (κ1) is 14.0. The zero-order chi connectivity index (χ0) is 14.3. The fraction of sp³-hybridized carbons (Fsp3) is 0.417. The minimum Gasteiger partial charge on any atom is -0.351 e. The van der Waals surface area contributed by atoms with Gasteiger partial charge in [-0.15, -0.1) is 0 Å². The first-order valence-electron chi connectivity index (χ1n) is 5.82. The predicted octanol–water partition coefficient (Wildman–Crippen LogP) is 1.00. The van der Waals surface area contributed by atoms with Crippen molar-refractivity contribution in [3.8, 4) is 0 Å². The smallest absolute Gasteiger partial charge is 0.251 e. The zero-order valence-electron chi connectivity index (χ0n) is 10.4. The van der Waals surface area contributed by atoms with Gasteiger partial charge in [-0.05, 0) is 36.5 Å². The van der Waals surface area contributed by atoms with Crippen molar-refractivity contribution in [2.24, 2.45) is 10.6 Å². The minimum absolute atomic E-state index is 0.0784. The SMILES string of the molecule is CC1(CNC(=O)c2ccc(F)c(S(N)(=O)=O)c2)CC1. The lowest BCUT2D eigenvalue weighted by atomic mass is 10.1. The maximum Gasteiger partial charge on any atom is 0.251 e. The topological polar surface area (TPSA) is 89.3 Å². The van der Waals surface area contributed by atoms with Gasteiger partial charge < -0.3 is 5.32 Å². The van der Waals surface area contributed by atoms with Crippen LogP contribution in [0.15, 0.2) is 23.1 Å². The van der Waals surface area contributed by atoms with E-state index in [0.29, 0.717) is 6.54 Å². The third kappa shape index (κ3) is 3.30. The Bertz CT molecular complexity index is 624. The van der Waals surface area contributed by atoms with E-state index in [1.165, 1.54) is 6.07 Å². The molecular formula is C12H15FN2O3S. The third-order valence-electron chi connectivity index (χ3n) is 3.28. The van der Waals surface area contributed by atoms with Crippen molar-refractivity contribution >= 4 is 15.9 Å². The van der Waals surface area contributed by atoms with Gasteiger partial charge in [0, 0.05) is 12.1 Å². The molecule has 0 spiro atoms. The summed E-state index contributed by atoms with van der Waals surface area (Å²) in [6.07, 6.45) is 2.11. The summed E-state index contributed by atoms with van der Waals surface area (Å²) in [4.78, 5) is 11.2. The van der Waals surface area contributed by atoms with Crippen LogP contribution in [0, 0.1) is 11.2 Å². The number of primary sulfonamides is 1. The first-order valence-corrected chi connectivity index (χ1v) is 7.36. The summed E-state index contributed by atoms with van der Waals surface area (Å²) in [5.41, 5.74) is 0.216. The van der Waals surface area contributed by atoms with Crippen molar-refractivity contribution in [1.82, 2.24) is 5.32 Å². The van der Waals surface area contributed by atoms with Crippen molar-refractivity contribution in [3.05, 3.63) is 29.6 Å². The number of hydrogen-bond acceptors (Lipinski definition) is 3. The van der Waals surface area contributed by atoms with Crippen molar-refractivity contribution in [2.45, 2.75) is 24.7 Å². The van der Waals surface area contributed by atoms with Gasteiger partial charge in [0.1, 0.15) is 10.7 Å². The molecule has 2 rings (SSSR count). The van der Waals surface area contributed by atoms with Gasteiger partial charge in [0.05, 0.1) is 0 Å². The largest absolute Gasteiger partial charge is 0.351 e. The zero-order valence-corrected chi connectivity index (χ0v) is 11.3. The fourth-order valence-corrected chi connectivity index (χ4v) is 2.28. The minimum atomic E-state index is -4.18. The molecule has 1 amide bonds. The molecule has 0 saturated heterocycles. The van der Waals surface area contributed by atoms with Crippen LogP contribution >= 0.6 is 0 Å². The Hall–Kier alpha value is -1.47. The van der Waals surface area contributed by atoms with Gasteiger partial charge in [-0.3, -0.25) is 4.79 Å². The molecule has 19 heavy (non-hydrogen) atoms. The van der Waals surface area contributed by atoms with E-state index in [4.69, 9.17) is 5.14 Å². The van der Waals surface area contributed by atoms with Crippen molar-refractivity contribution in [1.29, 1.82) is 0 Å². The molecule has 0 aromatic heterocycles. The highest BCUT2D eigenvalue weighted by Gasteiger charge is 2.37. The Morgan fingerprint density at radius 1 is 1.47 bits per heavy atom. The lowest BCUT2D eigenvalue weighted by Gasteiger charge is -2.10. The lowest BCUT2D eigenvalue weighted by molar-refractivity contribution is 0.0946. The number of amides is 1. The molecule has 1 aliphatic carbocycles. The molecule has 0 unspecified atom stereocenters. The molecule has 1 aromatic carbocycles. The van der Waals surface area contributed by atoms with Crippen molar-refractivity contribution < 1.29 is 17.6 Å². The predicted molar refractivity (Wildman–Crippen MR) is 67.4 cm³/mol. The normalized spacial score (nSPS) is 17.0. The summed E-state index contributed by atoms with van der Waals surface area (Å²) in [6, 6.07) is 3.11. The summed E-state index contributed by atoms with van der Waals surface area (Å²) in [5, 5.41) is 7.58. The molecule has 0 atom stereocenters. The maximum absolute atomic E-state index is 13.3. The number of rotatable bonds is 4. The molecule has 104 valence electrons. The standard InChI is InChI=1S/C12H15FN2O3S/c1-12(4-5-12)7-15-11(16)8-2-3-9(13)10(6-8)19(14,17)18/h2-3,6H,4-5,7H2,1H3,(H,15,16)(H2,14,17,18). The monoisotopic (exact) mass is 286 g/mol. The summed E-state index contributed by atoms with van der Waals surface area (Å²) in [6.45, 7) is 2.57. The summed E-state index contributed by atoms with van der Waals surface area (Å²) in [7, 11) is -4.18. The summed E-state index contributed by atoms with van der Waals surface area (Å²) in [5.74, 6) is -1.40. The van der Waals surface area contributed by atoms with E-state index >= 15 is 0 Å². The number of nitrogens with one attached hydrogen (secondary N) is 1. The number of halogens is 1. The fourth-order valence-electron chi connectivity index (χ4n) is 1.65. The molecule has 1 aliphatic rings. The lowest BCUT2D eigenvalue weighted by Crippen LogP contribution is -2.29. The Morgan fingerprint density at radius 3 is 2.63 bits per heavy atom.